The molecule has 1 saturated carbocycles. The molecule has 0 unspecified atom stereocenters. The molecule has 2 amide bonds. The Kier molecular flexibility index (Phi) is 5.09. The van der Waals surface area contributed by atoms with Crippen LogP contribution >= 0.6 is 0 Å². The molecule has 1 heterocycles. The van der Waals surface area contributed by atoms with Crippen molar-refractivity contribution in [2.75, 3.05) is 24.5 Å². The summed E-state index contributed by atoms with van der Waals surface area (Å²) in [6.45, 7) is 6.84. The van der Waals surface area contributed by atoms with Gasteiger partial charge < -0.3 is 15.1 Å². The Morgan fingerprint density at radius 2 is 1.96 bits per heavy atom. The average Bonchev–Trinajstić information content (AvgIpc) is 2.55. The Morgan fingerprint density at radius 1 is 1.17 bits per heavy atom. The maximum Gasteiger partial charge on any atom is 0.317 e. The van der Waals surface area contributed by atoms with Gasteiger partial charge in [0.05, 0.1) is 0 Å². The molecule has 1 aliphatic carbocycles. The lowest BCUT2D eigenvalue weighted by Gasteiger charge is -2.41. The van der Waals surface area contributed by atoms with Crippen LogP contribution in [0.3, 0.4) is 0 Å². The van der Waals surface area contributed by atoms with E-state index in [1.54, 1.807) is 0 Å². The topological polar surface area (TPSA) is 35.6 Å². The number of amides is 2. The summed E-state index contributed by atoms with van der Waals surface area (Å²) >= 11 is 0. The largest absolute Gasteiger partial charge is 0.365 e. The molecule has 0 spiro atoms. The number of urea groups is 1. The highest BCUT2D eigenvalue weighted by atomic mass is 16.2. The predicted octanol–water partition coefficient (Wildman–Crippen LogP) is 3.55. The van der Waals surface area contributed by atoms with Crippen LogP contribution in [-0.4, -0.2) is 42.6 Å². The lowest BCUT2D eigenvalue weighted by atomic mass is 9.96. The van der Waals surface area contributed by atoms with E-state index >= 15 is 0 Å². The third-order valence-electron chi connectivity index (χ3n) is 5.18. The van der Waals surface area contributed by atoms with Gasteiger partial charge in [-0.1, -0.05) is 31.4 Å². The fourth-order valence-electron chi connectivity index (χ4n) is 3.85. The highest BCUT2D eigenvalue weighted by molar-refractivity contribution is 5.75. The van der Waals surface area contributed by atoms with Gasteiger partial charge in [0.1, 0.15) is 0 Å². The minimum absolute atomic E-state index is 0.132. The molecule has 1 atom stereocenters. The molecule has 2 aliphatic rings. The van der Waals surface area contributed by atoms with E-state index in [1.807, 2.05) is 4.90 Å². The Morgan fingerprint density at radius 3 is 2.65 bits per heavy atom. The number of carbonyl (C=O) groups excluding carboxylic acids is 1. The molecule has 23 heavy (non-hydrogen) atoms. The lowest BCUT2D eigenvalue weighted by molar-refractivity contribution is 0.179. The van der Waals surface area contributed by atoms with Crippen molar-refractivity contribution in [3.05, 3.63) is 29.8 Å². The van der Waals surface area contributed by atoms with Gasteiger partial charge in [-0.3, -0.25) is 0 Å². The Hall–Kier alpha value is -1.71. The fraction of sp³-hybridized carbons (Fsp3) is 0.632. The maximum absolute atomic E-state index is 12.5. The second kappa shape index (κ2) is 7.24. The normalized spacial score (nSPS) is 23.0. The van der Waals surface area contributed by atoms with Crippen LogP contribution in [0, 0.1) is 6.92 Å². The molecule has 4 nitrogen and oxygen atoms in total. The first kappa shape index (κ1) is 16.2. The van der Waals surface area contributed by atoms with Crippen molar-refractivity contribution in [3.8, 4) is 0 Å². The summed E-state index contributed by atoms with van der Waals surface area (Å²) < 4.78 is 0. The molecule has 1 aromatic carbocycles. The van der Waals surface area contributed by atoms with E-state index in [4.69, 9.17) is 0 Å². The zero-order valence-electron chi connectivity index (χ0n) is 14.4. The molecule has 1 N–H and O–H groups in total. The van der Waals surface area contributed by atoms with E-state index in [0.717, 1.165) is 32.5 Å². The molecule has 1 saturated heterocycles. The van der Waals surface area contributed by atoms with Gasteiger partial charge in [0.15, 0.2) is 0 Å². The molecule has 4 heteroatoms. The molecule has 2 fully saturated rings. The zero-order valence-corrected chi connectivity index (χ0v) is 14.4. The van der Waals surface area contributed by atoms with Gasteiger partial charge in [-0.25, -0.2) is 4.79 Å². The SMILES string of the molecule is Cc1cccc(N2CCN(C(=O)NC3CCCCC3)C[C@@H]2C)c1. The van der Waals surface area contributed by atoms with E-state index < -0.39 is 0 Å². The highest BCUT2D eigenvalue weighted by Gasteiger charge is 2.28. The van der Waals surface area contributed by atoms with Crippen LogP contribution in [0.4, 0.5) is 10.5 Å². The van der Waals surface area contributed by atoms with E-state index in [2.05, 4.69) is 48.3 Å². The number of hydrogen-bond acceptors (Lipinski definition) is 2. The number of piperazine rings is 1. The van der Waals surface area contributed by atoms with Crippen molar-refractivity contribution in [2.24, 2.45) is 0 Å². The smallest absolute Gasteiger partial charge is 0.317 e. The Labute approximate surface area is 139 Å². The summed E-state index contributed by atoms with van der Waals surface area (Å²) in [4.78, 5) is 16.9. The molecule has 3 rings (SSSR count). The average molecular weight is 315 g/mol. The van der Waals surface area contributed by atoms with Crippen molar-refractivity contribution in [2.45, 2.75) is 58.0 Å². The van der Waals surface area contributed by atoms with Gasteiger partial charge >= 0.3 is 6.03 Å². The minimum atomic E-state index is 0.132. The van der Waals surface area contributed by atoms with Crippen molar-refractivity contribution >= 4 is 11.7 Å². The van der Waals surface area contributed by atoms with E-state index in [9.17, 15) is 4.79 Å². The van der Waals surface area contributed by atoms with Crippen LogP contribution in [0.15, 0.2) is 24.3 Å². The van der Waals surface area contributed by atoms with Crippen LogP contribution in [0.25, 0.3) is 0 Å². The van der Waals surface area contributed by atoms with Crippen LogP contribution in [0.1, 0.15) is 44.6 Å². The van der Waals surface area contributed by atoms with E-state index in [0.29, 0.717) is 12.1 Å². The summed E-state index contributed by atoms with van der Waals surface area (Å²) in [5.41, 5.74) is 2.55. The highest BCUT2D eigenvalue weighted by Crippen LogP contribution is 2.22. The molecule has 126 valence electrons. The number of rotatable bonds is 2. The van der Waals surface area contributed by atoms with Crippen molar-refractivity contribution in [1.82, 2.24) is 10.2 Å². The second-order valence-corrected chi connectivity index (χ2v) is 7.11. The first-order chi connectivity index (χ1) is 11.1. The number of carbonyl (C=O) groups is 1. The molecule has 1 aromatic rings. The quantitative estimate of drug-likeness (QED) is 0.906. The van der Waals surface area contributed by atoms with Crippen LogP contribution in [0.5, 0.6) is 0 Å². The van der Waals surface area contributed by atoms with Gasteiger partial charge in [0, 0.05) is 37.4 Å². The predicted molar refractivity (Wildman–Crippen MR) is 95.0 cm³/mol. The van der Waals surface area contributed by atoms with Gasteiger partial charge in [0.2, 0.25) is 0 Å². The lowest BCUT2D eigenvalue weighted by Crippen LogP contribution is -2.57. The standard InChI is InChI=1S/C19H29N3O/c1-15-7-6-10-18(13-15)22-12-11-21(14-16(22)2)19(23)20-17-8-4-3-5-9-17/h6-7,10,13,16-17H,3-5,8-9,11-12,14H2,1-2H3,(H,20,23)/t16-/m0/s1. The fourth-order valence-corrected chi connectivity index (χ4v) is 3.85. The van der Waals surface area contributed by atoms with Gasteiger partial charge in [-0.2, -0.15) is 0 Å². The number of hydrogen-bond donors (Lipinski definition) is 1. The Bertz CT molecular complexity index is 539. The zero-order chi connectivity index (χ0) is 16.2. The summed E-state index contributed by atoms with van der Waals surface area (Å²) in [5.74, 6) is 0. The summed E-state index contributed by atoms with van der Waals surface area (Å²) in [7, 11) is 0. The second-order valence-electron chi connectivity index (χ2n) is 7.11. The van der Waals surface area contributed by atoms with E-state index in [-0.39, 0.29) is 6.03 Å². The molecular weight excluding hydrogens is 286 g/mol. The van der Waals surface area contributed by atoms with Crippen LogP contribution < -0.4 is 10.2 Å². The number of nitrogens with one attached hydrogen (secondary N) is 1. The van der Waals surface area contributed by atoms with Gasteiger partial charge in [-0.15, -0.1) is 0 Å². The number of anilines is 1. The first-order valence-corrected chi connectivity index (χ1v) is 9.02. The summed E-state index contributed by atoms with van der Waals surface area (Å²) in [6, 6.07) is 9.51. The Balaban J connectivity index is 1.56. The molecular formula is C19H29N3O. The van der Waals surface area contributed by atoms with Crippen molar-refractivity contribution in [1.29, 1.82) is 0 Å². The first-order valence-electron chi connectivity index (χ1n) is 9.02. The van der Waals surface area contributed by atoms with Crippen LogP contribution in [-0.2, 0) is 0 Å². The number of nitrogens with zero attached hydrogens (tertiary/aromatic N) is 2. The summed E-state index contributed by atoms with van der Waals surface area (Å²) in [5, 5.41) is 3.24. The molecule has 0 bridgehead atoms. The monoisotopic (exact) mass is 315 g/mol. The molecule has 1 aliphatic heterocycles. The van der Waals surface area contributed by atoms with Crippen molar-refractivity contribution < 1.29 is 4.79 Å². The number of aryl methyl sites for hydroxylation is 1. The van der Waals surface area contributed by atoms with Crippen molar-refractivity contribution in [3.63, 3.8) is 0 Å². The number of benzene rings is 1. The maximum atomic E-state index is 12.5. The van der Waals surface area contributed by atoms with E-state index in [1.165, 1.54) is 30.5 Å². The van der Waals surface area contributed by atoms with Gasteiger partial charge in [-0.05, 0) is 44.4 Å². The molecule has 0 aromatic heterocycles. The van der Waals surface area contributed by atoms with Gasteiger partial charge in [0.25, 0.3) is 0 Å². The molecule has 0 radical (unpaired) electrons. The summed E-state index contributed by atoms with van der Waals surface area (Å²) in [6.07, 6.45) is 6.11. The van der Waals surface area contributed by atoms with Crippen LogP contribution in [0.2, 0.25) is 0 Å². The third-order valence-corrected chi connectivity index (χ3v) is 5.18. The third kappa shape index (κ3) is 3.98. The minimum Gasteiger partial charge on any atom is -0.365 e.